The molecule has 0 saturated heterocycles. The smallest absolute Gasteiger partial charge is 0.167 e. The third-order valence-electron chi connectivity index (χ3n) is 2.87. The Morgan fingerprint density at radius 2 is 2.07 bits per heavy atom. The van der Waals surface area contributed by atoms with Crippen LogP contribution in [0.2, 0.25) is 0 Å². The van der Waals surface area contributed by atoms with Crippen molar-refractivity contribution in [3.8, 4) is 0 Å². The summed E-state index contributed by atoms with van der Waals surface area (Å²) >= 11 is 0. The number of aliphatic hydroxyl groups is 1. The van der Waals surface area contributed by atoms with Gasteiger partial charge in [-0.25, -0.2) is 0 Å². The van der Waals surface area contributed by atoms with Gasteiger partial charge in [-0.15, -0.1) is 0 Å². The topological polar surface area (TPSA) is 53.1 Å². The summed E-state index contributed by atoms with van der Waals surface area (Å²) in [5.74, 6) is 0.0514. The highest BCUT2D eigenvalue weighted by atomic mass is 16.3. The normalized spacial score (nSPS) is 21.6. The van der Waals surface area contributed by atoms with Gasteiger partial charge in [0.05, 0.1) is 6.10 Å². The molecule has 0 saturated carbocycles. The number of hydrogen-bond donors (Lipinski definition) is 2. The second-order valence-corrected chi connectivity index (χ2v) is 5.31. The van der Waals surface area contributed by atoms with Crippen molar-refractivity contribution >= 4 is 5.78 Å². The average molecular weight is 207 g/mol. The maximum absolute atomic E-state index is 11.7. The van der Waals surface area contributed by atoms with Gasteiger partial charge in [0.15, 0.2) is 5.78 Å². The van der Waals surface area contributed by atoms with Gasteiger partial charge in [-0.2, -0.15) is 0 Å². The third kappa shape index (κ3) is 1.84. The van der Waals surface area contributed by atoms with E-state index in [1.54, 1.807) is 0 Å². The van der Waals surface area contributed by atoms with E-state index in [2.05, 4.69) is 25.8 Å². The molecule has 1 aliphatic rings. The minimum Gasteiger partial charge on any atom is -0.392 e. The van der Waals surface area contributed by atoms with Crippen molar-refractivity contribution in [3.63, 3.8) is 0 Å². The zero-order valence-electron chi connectivity index (χ0n) is 9.42. The summed E-state index contributed by atoms with van der Waals surface area (Å²) in [6, 6.07) is 1.93. The lowest BCUT2D eigenvalue weighted by Crippen LogP contribution is -2.23. The number of hydrogen-bond acceptors (Lipinski definition) is 2. The molecular weight excluding hydrogens is 190 g/mol. The second-order valence-electron chi connectivity index (χ2n) is 5.31. The van der Waals surface area contributed by atoms with Crippen LogP contribution in [0.3, 0.4) is 0 Å². The Bertz CT molecular complexity index is 398. The van der Waals surface area contributed by atoms with E-state index >= 15 is 0 Å². The Hall–Kier alpha value is -1.09. The molecule has 0 amide bonds. The van der Waals surface area contributed by atoms with E-state index in [4.69, 9.17) is 0 Å². The first-order chi connectivity index (χ1) is 6.88. The quantitative estimate of drug-likeness (QED) is 0.681. The summed E-state index contributed by atoms with van der Waals surface area (Å²) in [4.78, 5) is 14.9. The maximum Gasteiger partial charge on any atom is 0.167 e. The van der Waals surface area contributed by atoms with Gasteiger partial charge in [0.25, 0.3) is 0 Å². The van der Waals surface area contributed by atoms with Crippen LogP contribution >= 0.6 is 0 Å². The zero-order valence-corrected chi connectivity index (χ0v) is 9.42. The van der Waals surface area contributed by atoms with Crippen LogP contribution in [0.1, 0.15) is 48.9 Å². The summed E-state index contributed by atoms with van der Waals surface area (Å²) < 4.78 is 0. The summed E-state index contributed by atoms with van der Waals surface area (Å²) in [6.07, 6.45) is 0.308. The van der Waals surface area contributed by atoms with E-state index in [9.17, 15) is 9.90 Å². The highest BCUT2D eigenvalue weighted by Gasteiger charge is 2.28. The largest absolute Gasteiger partial charge is 0.392 e. The van der Waals surface area contributed by atoms with E-state index in [-0.39, 0.29) is 17.6 Å². The molecule has 1 aromatic heterocycles. The Kier molecular flexibility index (Phi) is 2.23. The second kappa shape index (κ2) is 3.20. The number of rotatable bonds is 0. The monoisotopic (exact) mass is 207 g/mol. The molecule has 0 fully saturated rings. The lowest BCUT2D eigenvalue weighted by atomic mass is 9.90. The van der Waals surface area contributed by atoms with Crippen LogP contribution in [0.15, 0.2) is 6.07 Å². The van der Waals surface area contributed by atoms with Crippen molar-refractivity contribution in [3.05, 3.63) is 23.0 Å². The molecule has 1 aromatic rings. The van der Waals surface area contributed by atoms with E-state index < -0.39 is 6.10 Å². The van der Waals surface area contributed by atoms with Gasteiger partial charge in [-0.05, 0) is 6.07 Å². The van der Waals surface area contributed by atoms with Crippen LogP contribution in [0.25, 0.3) is 0 Å². The van der Waals surface area contributed by atoms with E-state index in [0.717, 1.165) is 17.0 Å². The van der Waals surface area contributed by atoms with Crippen LogP contribution in [-0.4, -0.2) is 22.0 Å². The number of nitrogens with one attached hydrogen (secondary N) is 1. The highest BCUT2D eigenvalue weighted by Crippen LogP contribution is 2.28. The molecule has 3 nitrogen and oxygen atoms in total. The number of aromatic nitrogens is 1. The molecule has 0 spiro atoms. The fourth-order valence-electron chi connectivity index (χ4n) is 1.94. The maximum atomic E-state index is 11.7. The number of ketones is 1. The van der Waals surface area contributed by atoms with Crippen LogP contribution in [-0.2, 0) is 11.8 Å². The van der Waals surface area contributed by atoms with Gasteiger partial charge < -0.3 is 10.1 Å². The van der Waals surface area contributed by atoms with Gasteiger partial charge >= 0.3 is 0 Å². The van der Waals surface area contributed by atoms with Crippen molar-refractivity contribution < 1.29 is 9.90 Å². The lowest BCUT2D eigenvalue weighted by Gasteiger charge is -2.16. The Labute approximate surface area is 89.5 Å². The molecule has 1 heterocycles. The number of aliphatic hydroxyl groups excluding tert-OH is 1. The minimum absolute atomic E-state index is 0.0164. The van der Waals surface area contributed by atoms with Gasteiger partial charge in [0.1, 0.15) is 0 Å². The van der Waals surface area contributed by atoms with Gasteiger partial charge in [0, 0.05) is 35.2 Å². The molecule has 0 aliphatic heterocycles. The number of aromatic amines is 1. The molecule has 3 heteroatoms. The van der Waals surface area contributed by atoms with Gasteiger partial charge in [-0.1, -0.05) is 20.8 Å². The molecule has 0 aromatic carbocycles. The number of Topliss-reactive ketones (excluding diaryl/α,β-unsaturated/α-hetero) is 1. The predicted molar refractivity (Wildman–Crippen MR) is 58.2 cm³/mol. The molecular formula is C12H17NO2. The number of H-pyrrole nitrogens is 1. The van der Waals surface area contributed by atoms with E-state index in [0.29, 0.717) is 6.42 Å². The van der Waals surface area contributed by atoms with Crippen molar-refractivity contribution in [2.45, 2.75) is 45.1 Å². The van der Waals surface area contributed by atoms with Gasteiger partial charge in [-0.3, -0.25) is 4.79 Å². The first-order valence-electron chi connectivity index (χ1n) is 5.31. The molecule has 2 N–H and O–H groups in total. The highest BCUT2D eigenvalue weighted by molar-refractivity contribution is 5.98. The fraction of sp³-hybridized carbons (Fsp3) is 0.583. The van der Waals surface area contributed by atoms with Gasteiger partial charge in [0.2, 0.25) is 0 Å². The standard InChI is InChI=1S/C12H17NO2/c1-12(2,3)11-6-8-9(13-11)4-7(14)5-10(8)15/h6-7,13-14H,4-5H2,1-3H3. The van der Waals surface area contributed by atoms with Crippen LogP contribution in [0, 0.1) is 0 Å². The molecule has 0 radical (unpaired) electrons. The molecule has 0 bridgehead atoms. The summed E-state index contributed by atoms with van der Waals surface area (Å²) in [6.45, 7) is 6.31. The van der Waals surface area contributed by atoms with Crippen LogP contribution in [0.5, 0.6) is 0 Å². The Morgan fingerprint density at radius 3 is 2.67 bits per heavy atom. The first kappa shape index (κ1) is 10.4. The molecule has 2 rings (SSSR count). The SMILES string of the molecule is CC(C)(C)c1cc2c([nH]1)CC(O)CC2=O. The third-order valence-corrected chi connectivity index (χ3v) is 2.87. The number of carbonyl (C=O) groups excluding carboxylic acids is 1. The molecule has 1 atom stereocenters. The molecule has 1 aliphatic carbocycles. The lowest BCUT2D eigenvalue weighted by molar-refractivity contribution is 0.0852. The Morgan fingerprint density at radius 1 is 1.40 bits per heavy atom. The number of fused-ring (bicyclic) bond motifs is 1. The summed E-state index contributed by atoms with van der Waals surface area (Å²) in [5, 5.41) is 9.50. The fourth-order valence-corrected chi connectivity index (χ4v) is 1.94. The summed E-state index contributed by atoms with van der Waals surface area (Å²) in [7, 11) is 0. The van der Waals surface area contributed by atoms with Crippen LogP contribution in [0.4, 0.5) is 0 Å². The zero-order chi connectivity index (χ0) is 11.2. The average Bonchev–Trinajstić information content (AvgIpc) is 2.46. The molecule has 15 heavy (non-hydrogen) atoms. The van der Waals surface area contributed by atoms with E-state index in [1.807, 2.05) is 6.07 Å². The molecule has 1 unspecified atom stereocenters. The predicted octanol–water partition coefficient (Wildman–Crippen LogP) is 1.80. The van der Waals surface area contributed by atoms with Crippen LogP contribution < -0.4 is 0 Å². The molecule has 82 valence electrons. The van der Waals surface area contributed by atoms with Crippen molar-refractivity contribution in [1.82, 2.24) is 4.98 Å². The Balaban J connectivity index is 2.44. The minimum atomic E-state index is -0.517. The first-order valence-corrected chi connectivity index (χ1v) is 5.31. The summed E-state index contributed by atoms with van der Waals surface area (Å²) in [5.41, 5.74) is 2.74. The van der Waals surface area contributed by atoms with E-state index in [1.165, 1.54) is 0 Å². The van der Waals surface area contributed by atoms with Crippen molar-refractivity contribution in [1.29, 1.82) is 0 Å². The number of carbonyl (C=O) groups is 1. The van der Waals surface area contributed by atoms with Crippen molar-refractivity contribution in [2.24, 2.45) is 0 Å². The van der Waals surface area contributed by atoms with Crippen molar-refractivity contribution in [2.75, 3.05) is 0 Å².